The van der Waals surface area contributed by atoms with Crippen LogP contribution in [0.1, 0.15) is 59.6 Å². The third-order valence-electron chi connectivity index (χ3n) is 4.04. The molecule has 6 heteroatoms. The van der Waals surface area contributed by atoms with E-state index >= 15 is 0 Å². The van der Waals surface area contributed by atoms with Crippen LogP contribution in [0.15, 0.2) is 21.3 Å². The van der Waals surface area contributed by atoms with E-state index in [4.69, 9.17) is 4.43 Å². The van der Waals surface area contributed by atoms with Crippen LogP contribution in [0.2, 0.25) is 5.04 Å². The Morgan fingerprint density at radius 3 is 2.42 bits per heavy atom. The van der Waals surface area contributed by atoms with Gasteiger partial charge in [0, 0.05) is 6.20 Å². The Hall–Kier alpha value is -0.173. The molecule has 2 aromatic rings. The first-order chi connectivity index (χ1) is 11.0. The van der Waals surface area contributed by atoms with Crippen LogP contribution < -0.4 is 0 Å². The Kier molecular flexibility index (Phi) is 6.05. The van der Waals surface area contributed by atoms with Crippen LogP contribution in [-0.2, 0) is 4.43 Å². The fourth-order valence-electron chi connectivity index (χ4n) is 2.92. The summed E-state index contributed by atoms with van der Waals surface area (Å²) in [5.74, 6) is 0. The van der Waals surface area contributed by atoms with Gasteiger partial charge >= 0.3 is 0 Å². The summed E-state index contributed by atoms with van der Waals surface area (Å²) in [5, 5.41) is 0.180. The highest BCUT2D eigenvalue weighted by molar-refractivity contribution is 9.13. The predicted molar refractivity (Wildman–Crippen MR) is 110 cm³/mol. The molecule has 0 aromatic carbocycles. The third-order valence-corrected chi connectivity index (χ3v) is 7.02. The summed E-state index contributed by atoms with van der Waals surface area (Å²) in [6, 6.07) is 2.39. The molecule has 2 rings (SSSR count). The van der Waals surface area contributed by atoms with Gasteiger partial charge in [0.25, 0.3) is 0 Å². The van der Waals surface area contributed by atoms with Gasteiger partial charge in [-0.3, -0.25) is 0 Å². The zero-order valence-electron chi connectivity index (χ0n) is 15.5. The number of hydrogen-bond donors (Lipinski definition) is 0. The molecule has 2 radical (unpaired) electrons. The number of aryl methyl sites for hydroxylation is 1. The van der Waals surface area contributed by atoms with Crippen LogP contribution in [0.3, 0.4) is 0 Å². The van der Waals surface area contributed by atoms with Crippen LogP contribution in [0.4, 0.5) is 0 Å². The van der Waals surface area contributed by atoms with Crippen molar-refractivity contribution in [3.05, 3.63) is 26.9 Å². The highest BCUT2D eigenvalue weighted by atomic mass is 79.9. The molecule has 2 heterocycles. The number of fused-ring (bicyclic) bond motifs is 1. The minimum Gasteiger partial charge on any atom is -0.410 e. The van der Waals surface area contributed by atoms with Crippen LogP contribution in [0, 0.1) is 6.92 Å². The molecule has 0 aliphatic rings. The zero-order chi connectivity index (χ0) is 18.3. The monoisotopic (exact) mass is 472 g/mol. The Labute approximate surface area is 164 Å². The second-order valence-corrected chi connectivity index (χ2v) is 11.3. The second kappa shape index (κ2) is 7.21. The zero-order valence-corrected chi connectivity index (χ0v) is 19.7. The third kappa shape index (κ3) is 4.32. The van der Waals surface area contributed by atoms with Gasteiger partial charge in [0.15, 0.2) is 0 Å². The largest absolute Gasteiger partial charge is 0.410 e. The van der Waals surface area contributed by atoms with Crippen molar-refractivity contribution in [2.75, 3.05) is 0 Å². The van der Waals surface area contributed by atoms with E-state index in [0.717, 1.165) is 26.5 Å². The second-order valence-electron chi connectivity index (χ2n) is 7.83. The summed E-state index contributed by atoms with van der Waals surface area (Å²) in [6.45, 7) is 15.4. The number of rotatable bonds is 5. The molecule has 0 N–H and O–H groups in total. The highest BCUT2D eigenvalue weighted by Crippen LogP contribution is 2.37. The van der Waals surface area contributed by atoms with Gasteiger partial charge in [-0.1, -0.05) is 27.7 Å². The quantitative estimate of drug-likeness (QED) is 0.368. The molecule has 24 heavy (non-hydrogen) atoms. The van der Waals surface area contributed by atoms with E-state index in [0.29, 0.717) is 9.76 Å². The van der Waals surface area contributed by atoms with E-state index in [1.165, 1.54) is 5.56 Å². The maximum atomic E-state index is 6.38. The van der Waals surface area contributed by atoms with Gasteiger partial charge in [-0.25, -0.2) is 4.98 Å². The molecule has 132 valence electrons. The lowest BCUT2D eigenvalue weighted by molar-refractivity contribution is 0.0489. The Morgan fingerprint density at radius 2 is 1.88 bits per heavy atom. The number of pyridine rings is 1. The molecule has 3 nitrogen and oxygen atoms in total. The summed E-state index contributed by atoms with van der Waals surface area (Å²) in [6.07, 6.45) is 3.20. The Bertz CT molecular complexity index is 735. The predicted octanol–water partition coefficient (Wildman–Crippen LogP) is 6.45. The molecule has 1 atom stereocenters. The molecule has 0 spiro atoms. The normalized spacial score (nSPS) is 14.4. The molecular formula is C18H26Br2N2OSi. The average Bonchev–Trinajstić information content (AvgIpc) is 2.74. The molecular weight excluding hydrogens is 448 g/mol. The molecule has 0 fully saturated rings. The molecule has 0 saturated heterocycles. The number of hydrogen-bond acceptors (Lipinski definition) is 2. The number of halogens is 2. The Balaban J connectivity index is 2.47. The van der Waals surface area contributed by atoms with Crippen molar-refractivity contribution in [3.8, 4) is 0 Å². The van der Waals surface area contributed by atoms with E-state index in [2.05, 4.69) is 102 Å². The van der Waals surface area contributed by atoms with Gasteiger partial charge < -0.3 is 8.99 Å². The van der Waals surface area contributed by atoms with Gasteiger partial charge in [-0.05, 0) is 75.7 Å². The summed E-state index contributed by atoms with van der Waals surface area (Å²) < 4.78 is 10.5. The van der Waals surface area contributed by atoms with E-state index in [9.17, 15) is 0 Å². The molecule has 0 aliphatic carbocycles. The lowest BCUT2D eigenvalue weighted by atomic mass is 9.96. The van der Waals surface area contributed by atoms with Gasteiger partial charge in [0.2, 0.25) is 9.76 Å². The summed E-state index contributed by atoms with van der Waals surface area (Å²) in [5.41, 5.74) is 3.12. The fourth-order valence-corrected chi connectivity index (χ4v) is 4.22. The van der Waals surface area contributed by atoms with Crippen molar-refractivity contribution in [2.24, 2.45) is 0 Å². The standard InChI is InChI=1S/C18H26Br2N2OSi/c1-8-14(18(6,7)23-24-17(3,4)5)22-10-11(2)15-13(22)9-12(19)16(20)21-15/h9-10,14H,8H2,1-7H3/t14-/m0/s1. The van der Waals surface area contributed by atoms with Crippen molar-refractivity contribution in [2.45, 2.75) is 71.6 Å². The SMILES string of the molecule is CC[C@H](n1cc(C)c2nc(Br)c(Br)cc21)C(C)(C)O[Si]C(C)(C)C. The van der Waals surface area contributed by atoms with Crippen LogP contribution >= 0.6 is 31.9 Å². The van der Waals surface area contributed by atoms with Gasteiger partial charge in [-0.15, -0.1) is 0 Å². The minimum absolute atomic E-state index is 0.180. The first-order valence-electron chi connectivity index (χ1n) is 8.24. The maximum absolute atomic E-state index is 6.38. The topological polar surface area (TPSA) is 27.1 Å². The molecule has 0 bridgehead atoms. The van der Waals surface area contributed by atoms with E-state index in [1.54, 1.807) is 0 Å². The summed E-state index contributed by atoms with van der Waals surface area (Å²) in [7, 11) is 0.467. The van der Waals surface area contributed by atoms with Gasteiger partial charge in [0.1, 0.15) is 4.60 Å². The van der Waals surface area contributed by atoms with Crippen LogP contribution in [0.25, 0.3) is 11.0 Å². The van der Waals surface area contributed by atoms with Crippen molar-refractivity contribution in [3.63, 3.8) is 0 Å². The first-order valence-corrected chi connectivity index (χ1v) is 10.7. The summed E-state index contributed by atoms with van der Waals surface area (Å²) >= 11 is 7.09. The van der Waals surface area contributed by atoms with Gasteiger partial charge in [-0.2, -0.15) is 0 Å². The van der Waals surface area contributed by atoms with Crippen LogP contribution in [-0.4, -0.2) is 24.9 Å². The molecule has 0 aliphatic heterocycles. The highest BCUT2D eigenvalue weighted by Gasteiger charge is 2.33. The maximum Gasteiger partial charge on any atom is 0.236 e. The molecule has 0 saturated carbocycles. The summed E-state index contributed by atoms with van der Waals surface area (Å²) in [4.78, 5) is 4.69. The number of nitrogens with zero attached hydrogens (tertiary/aromatic N) is 2. The van der Waals surface area contributed by atoms with Crippen molar-refractivity contribution in [1.82, 2.24) is 9.55 Å². The minimum atomic E-state index is -0.252. The van der Waals surface area contributed by atoms with Gasteiger partial charge in [0.05, 0.1) is 27.1 Å². The molecule has 2 aromatic heterocycles. The average molecular weight is 474 g/mol. The van der Waals surface area contributed by atoms with Crippen LogP contribution in [0.5, 0.6) is 0 Å². The smallest absolute Gasteiger partial charge is 0.236 e. The van der Waals surface area contributed by atoms with Crippen molar-refractivity contribution >= 4 is 52.7 Å². The van der Waals surface area contributed by atoms with E-state index < -0.39 is 0 Å². The first kappa shape index (κ1) is 20.1. The van der Waals surface area contributed by atoms with Crippen molar-refractivity contribution in [1.29, 1.82) is 0 Å². The van der Waals surface area contributed by atoms with E-state index in [-0.39, 0.29) is 16.7 Å². The number of aromatic nitrogens is 2. The lowest BCUT2D eigenvalue weighted by Gasteiger charge is -2.37. The Morgan fingerprint density at radius 1 is 1.25 bits per heavy atom. The fraction of sp³-hybridized carbons (Fsp3) is 0.611. The molecule has 0 amide bonds. The van der Waals surface area contributed by atoms with E-state index in [1.807, 2.05) is 0 Å². The molecule has 0 unspecified atom stereocenters. The van der Waals surface area contributed by atoms with Crippen molar-refractivity contribution < 1.29 is 4.43 Å². The lowest BCUT2D eigenvalue weighted by Crippen LogP contribution is -2.38.